The van der Waals surface area contributed by atoms with Crippen molar-refractivity contribution in [3.63, 3.8) is 0 Å². The molecule has 0 spiro atoms. The van der Waals surface area contributed by atoms with Crippen LogP contribution in [0.3, 0.4) is 0 Å². The van der Waals surface area contributed by atoms with Crippen molar-refractivity contribution >= 4 is 22.6 Å². The summed E-state index contributed by atoms with van der Waals surface area (Å²) >= 11 is 2.84. The van der Waals surface area contributed by atoms with Crippen molar-refractivity contribution < 1.29 is 0 Å². The summed E-state index contributed by atoms with van der Waals surface area (Å²) in [5.41, 5.74) is 5.49. The molecule has 144 valence electrons. The van der Waals surface area contributed by atoms with E-state index in [9.17, 15) is 0 Å². The second-order valence-corrected chi connectivity index (χ2v) is 12.3. The highest BCUT2D eigenvalue weighted by Crippen LogP contribution is 2.72. The maximum absolute atomic E-state index is 4.55. The van der Waals surface area contributed by atoms with Crippen LogP contribution < -0.4 is 0 Å². The van der Waals surface area contributed by atoms with E-state index in [1.165, 1.54) is 56.1 Å². The molecule has 3 saturated carbocycles. The van der Waals surface area contributed by atoms with Crippen LogP contribution in [-0.4, -0.2) is 3.42 Å². The summed E-state index contributed by atoms with van der Waals surface area (Å²) in [5.74, 6) is 3.51. The topological polar surface area (TPSA) is 0 Å². The largest absolute Gasteiger partial charge is 0.0985 e. The van der Waals surface area contributed by atoms with Gasteiger partial charge in [-0.2, -0.15) is 0 Å². The van der Waals surface area contributed by atoms with Crippen molar-refractivity contribution in [2.24, 2.45) is 34.5 Å². The maximum atomic E-state index is 4.55. The molecule has 0 bridgehead atoms. The molecule has 0 saturated heterocycles. The van der Waals surface area contributed by atoms with Crippen LogP contribution in [0.1, 0.15) is 79.1 Å². The fourth-order valence-electron chi connectivity index (χ4n) is 8.19. The van der Waals surface area contributed by atoms with Gasteiger partial charge in [-0.15, -0.1) is 0 Å². The van der Waals surface area contributed by atoms with Gasteiger partial charge in [0, 0.05) is 3.42 Å². The lowest BCUT2D eigenvalue weighted by Gasteiger charge is -2.62. The molecule has 4 aliphatic rings. The maximum Gasteiger partial charge on any atom is 0.0483 e. The van der Waals surface area contributed by atoms with Crippen molar-refractivity contribution in [3.8, 4) is 0 Å². The first kappa shape index (κ1) is 19.3. The van der Waals surface area contributed by atoms with Crippen molar-refractivity contribution in [2.75, 3.05) is 0 Å². The van der Waals surface area contributed by atoms with E-state index < -0.39 is 0 Å². The third-order valence-corrected chi connectivity index (χ3v) is 11.9. The van der Waals surface area contributed by atoms with E-state index in [4.69, 9.17) is 0 Å². The van der Waals surface area contributed by atoms with Crippen LogP contribution in [0.15, 0.2) is 36.0 Å². The van der Waals surface area contributed by atoms with Gasteiger partial charge in [0.25, 0.3) is 0 Å². The van der Waals surface area contributed by atoms with Crippen LogP contribution in [0.25, 0.3) is 0 Å². The Balaban J connectivity index is 1.74. The fourth-order valence-corrected chi connectivity index (χ4v) is 9.50. The smallest absolute Gasteiger partial charge is 0.0483 e. The minimum Gasteiger partial charge on any atom is -0.0985 e. The standard InChI is InChI=1S/C25H37I/c1-7-18(4)25(26)13-11-21-20-9-8-19-14-16(2)10-12-23(19,5)22(20)17(3)15-24(21,25)6/h14,17,20-22H,2,4,7-13,15H2,1,3,5-6H3/t17-,20?,21?,22?,23-,24-,25-/m0/s1. The number of fused-ring (bicyclic) bond motifs is 5. The Morgan fingerprint density at radius 3 is 2.65 bits per heavy atom. The first-order valence-electron chi connectivity index (χ1n) is 10.9. The number of hydrogen-bond acceptors (Lipinski definition) is 0. The molecule has 0 aliphatic heterocycles. The van der Waals surface area contributed by atoms with Crippen LogP contribution in [0.4, 0.5) is 0 Å². The van der Waals surface area contributed by atoms with Gasteiger partial charge in [-0.05, 0) is 85.9 Å². The molecule has 0 nitrogen and oxygen atoms in total. The zero-order chi connectivity index (χ0) is 18.9. The van der Waals surface area contributed by atoms with Gasteiger partial charge in [0.05, 0.1) is 0 Å². The number of hydrogen-bond donors (Lipinski definition) is 0. The molecule has 7 atom stereocenters. The normalized spacial score (nSPS) is 50.5. The summed E-state index contributed by atoms with van der Waals surface area (Å²) in [4.78, 5) is 0. The lowest BCUT2D eigenvalue weighted by molar-refractivity contribution is -0.0743. The van der Waals surface area contributed by atoms with E-state index in [1.807, 2.05) is 0 Å². The van der Waals surface area contributed by atoms with Crippen molar-refractivity contribution in [3.05, 3.63) is 36.0 Å². The number of rotatable bonds is 2. The summed E-state index contributed by atoms with van der Waals surface area (Å²) in [5, 5.41) is 0. The minimum absolute atomic E-state index is 0.321. The molecule has 0 aromatic rings. The zero-order valence-corrected chi connectivity index (χ0v) is 19.5. The predicted octanol–water partition coefficient (Wildman–Crippen LogP) is 7.89. The average molecular weight is 464 g/mol. The monoisotopic (exact) mass is 464 g/mol. The number of halogens is 1. The van der Waals surface area contributed by atoms with Crippen molar-refractivity contribution in [1.82, 2.24) is 0 Å². The Hall–Kier alpha value is -0.0500. The molecule has 0 radical (unpaired) electrons. The van der Waals surface area contributed by atoms with Gasteiger partial charge in [-0.3, -0.25) is 0 Å². The van der Waals surface area contributed by atoms with Gasteiger partial charge in [-0.25, -0.2) is 0 Å². The second kappa shape index (κ2) is 6.22. The Bertz CT molecular complexity index is 672. The fraction of sp³-hybridized carbons (Fsp3) is 0.760. The number of allylic oxidation sites excluding steroid dienone is 4. The first-order valence-corrected chi connectivity index (χ1v) is 12.0. The van der Waals surface area contributed by atoms with Gasteiger partial charge in [-0.1, -0.05) is 86.2 Å². The Labute approximate surface area is 175 Å². The van der Waals surface area contributed by atoms with Crippen molar-refractivity contribution in [2.45, 2.75) is 82.5 Å². The lowest BCUT2D eigenvalue weighted by atomic mass is 9.44. The molecule has 1 heteroatoms. The molecule has 0 amide bonds. The lowest BCUT2D eigenvalue weighted by Crippen LogP contribution is -2.56. The quantitative estimate of drug-likeness (QED) is 0.221. The molecule has 0 heterocycles. The molecule has 0 aromatic carbocycles. The highest BCUT2D eigenvalue weighted by molar-refractivity contribution is 14.1. The molecule has 0 aromatic heterocycles. The summed E-state index contributed by atoms with van der Waals surface area (Å²) < 4.78 is 0.321. The van der Waals surface area contributed by atoms with Crippen LogP contribution >= 0.6 is 22.6 Å². The number of alkyl halides is 1. The summed E-state index contributed by atoms with van der Waals surface area (Å²) in [7, 11) is 0. The predicted molar refractivity (Wildman–Crippen MR) is 122 cm³/mol. The van der Waals surface area contributed by atoms with E-state index in [1.54, 1.807) is 5.57 Å². The van der Waals surface area contributed by atoms with Crippen LogP contribution in [0, 0.1) is 34.5 Å². The van der Waals surface area contributed by atoms with Gasteiger partial charge in [0.15, 0.2) is 0 Å². The highest BCUT2D eigenvalue weighted by Gasteiger charge is 2.65. The van der Waals surface area contributed by atoms with Gasteiger partial charge in [0.2, 0.25) is 0 Å². The molecular weight excluding hydrogens is 427 g/mol. The summed E-state index contributed by atoms with van der Waals surface area (Å²) in [6.07, 6.45) is 13.1. The molecule has 3 fully saturated rings. The van der Waals surface area contributed by atoms with Gasteiger partial charge < -0.3 is 0 Å². The van der Waals surface area contributed by atoms with E-state index in [2.05, 4.69) is 69.5 Å². The van der Waals surface area contributed by atoms with Gasteiger partial charge in [0.1, 0.15) is 0 Å². The first-order chi connectivity index (χ1) is 12.2. The summed E-state index contributed by atoms with van der Waals surface area (Å²) in [6.45, 7) is 19.0. The minimum atomic E-state index is 0.321. The van der Waals surface area contributed by atoms with Crippen LogP contribution in [0.5, 0.6) is 0 Å². The van der Waals surface area contributed by atoms with E-state index in [-0.39, 0.29) is 0 Å². The highest BCUT2D eigenvalue weighted by atomic mass is 127. The molecule has 26 heavy (non-hydrogen) atoms. The summed E-state index contributed by atoms with van der Waals surface area (Å²) in [6, 6.07) is 0. The van der Waals surface area contributed by atoms with Crippen LogP contribution in [-0.2, 0) is 0 Å². The average Bonchev–Trinajstić information content (AvgIpc) is 2.86. The van der Waals surface area contributed by atoms with E-state index >= 15 is 0 Å². The molecule has 3 unspecified atom stereocenters. The SMILES string of the molecule is C=C1C=C2CCC3C([C@@H](C)C[C@@]4(C)C3CC[C@]4(I)C(=C)CC)[C@@]2(C)CC1. The molecular formula is C25H37I. The Kier molecular flexibility index (Phi) is 4.61. The van der Waals surface area contributed by atoms with E-state index in [0.29, 0.717) is 14.3 Å². The molecule has 4 aliphatic carbocycles. The van der Waals surface area contributed by atoms with Gasteiger partial charge >= 0.3 is 0 Å². The third-order valence-electron chi connectivity index (χ3n) is 9.41. The zero-order valence-electron chi connectivity index (χ0n) is 17.3. The molecule has 4 rings (SSSR count). The van der Waals surface area contributed by atoms with E-state index in [0.717, 1.165) is 30.1 Å². The molecule has 0 N–H and O–H groups in total. The second-order valence-electron chi connectivity index (χ2n) is 10.5. The van der Waals surface area contributed by atoms with Crippen molar-refractivity contribution in [1.29, 1.82) is 0 Å². The Morgan fingerprint density at radius 2 is 1.96 bits per heavy atom. The van der Waals surface area contributed by atoms with Crippen LogP contribution in [0.2, 0.25) is 0 Å². The third kappa shape index (κ3) is 2.37. The Morgan fingerprint density at radius 1 is 1.23 bits per heavy atom.